The first-order chi connectivity index (χ1) is 12.4. The van der Waals surface area contributed by atoms with Crippen molar-refractivity contribution in [1.82, 2.24) is 19.6 Å². The number of aromatic nitrogens is 4. The molecule has 1 amide bonds. The second kappa shape index (κ2) is 8.01. The van der Waals surface area contributed by atoms with E-state index in [4.69, 9.17) is 11.6 Å². The molecule has 2 heterocycles. The minimum absolute atomic E-state index is 0.152. The molecule has 0 aliphatic carbocycles. The van der Waals surface area contributed by atoms with Gasteiger partial charge in [-0.25, -0.2) is 4.39 Å². The molecule has 0 unspecified atom stereocenters. The predicted molar refractivity (Wildman–Crippen MR) is 101 cm³/mol. The summed E-state index contributed by atoms with van der Waals surface area (Å²) in [7, 11) is 0. The lowest BCUT2D eigenvalue weighted by atomic mass is 10.2. The van der Waals surface area contributed by atoms with E-state index in [-0.39, 0.29) is 18.1 Å². The maximum atomic E-state index is 13.1. The molecular weight excluding hydrogens is 425 g/mol. The number of carbonyl (C=O) groups is 1. The van der Waals surface area contributed by atoms with Crippen LogP contribution in [0.3, 0.4) is 0 Å². The molecule has 0 aliphatic heterocycles. The largest absolute Gasteiger partial charge is 0.309 e. The smallest absolute Gasteiger partial charge is 0.227 e. The summed E-state index contributed by atoms with van der Waals surface area (Å²) < 4.78 is 17.4. The number of rotatable bonds is 6. The number of carbonyl (C=O) groups excluding carboxylic acids is 1. The van der Waals surface area contributed by atoms with Gasteiger partial charge in [-0.2, -0.15) is 10.2 Å². The van der Waals surface area contributed by atoms with Crippen LogP contribution in [0.5, 0.6) is 0 Å². The minimum atomic E-state index is -0.383. The lowest BCUT2D eigenvalue weighted by Gasteiger charge is -2.06. The summed E-state index contributed by atoms with van der Waals surface area (Å²) in [6.07, 6.45) is 3.71. The van der Waals surface area contributed by atoms with Crippen molar-refractivity contribution < 1.29 is 9.18 Å². The van der Waals surface area contributed by atoms with Crippen LogP contribution in [0.2, 0.25) is 5.02 Å². The Labute approximate surface area is 163 Å². The first-order valence-electron chi connectivity index (χ1n) is 7.87. The maximum Gasteiger partial charge on any atom is 0.227 e. The molecule has 26 heavy (non-hydrogen) atoms. The molecule has 0 radical (unpaired) electrons. The highest BCUT2D eigenvalue weighted by Gasteiger charge is 2.09. The Morgan fingerprint density at radius 3 is 2.88 bits per heavy atom. The number of nitrogens with one attached hydrogen (secondary N) is 1. The first kappa shape index (κ1) is 18.6. The van der Waals surface area contributed by atoms with E-state index in [1.165, 1.54) is 12.1 Å². The predicted octanol–water partition coefficient (Wildman–Crippen LogP) is 4.02. The molecule has 0 saturated carbocycles. The van der Waals surface area contributed by atoms with E-state index in [9.17, 15) is 9.18 Å². The summed E-state index contributed by atoms with van der Waals surface area (Å²) in [6.45, 7) is 2.79. The van der Waals surface area contributed by atoms with Crippen molar-refractivity contribution in [2.45, 2.75) is 26.4 Å². The number of hydrogen-bond acceptors (Lipinski definition) is 3. The zero-order chi connectivity index (χ0) is 18.7. The van der Waals surface area contributed by atoms with Gasteiger partial charge in [-0.1, -0.05) is 17.7 Å². The number of anilines is 1. The van der Waals surface area contributed by atoms with Crippen molar-refractivity contribution >= 4 is 39.3 Å². The standard InChI is InChI=1S/C17H16BrClFN5O/c1-11-14(18)9-21-25(11)7-5-17(26)22-16-4-6-24(23-16)10-12-2-3-13(20)8-15(12)19/h2-4,6,8-9H,5,7,10H2,1H3,(H,22,23,26). The lowest BCUT2D eigenvalue weighted by Crippen LogP contribution is -2.16. The van der Waals surface area contributed by atoms with Crippen molar-refractivity contribution in [3.8, 4) is 0 Å². The molecular formula is C17H16BrClFN5O. The normalized spacial score (nSPS) is 10.9. The van der Waals surface area contributed by atoms with Crippen molar-refractivity contribution in [2.24, 2.45) is 0 Å². The molecule has 0 saturated heterocycles. The van der Waals surface area contributed by atoms with E-state index in [2.05, 4.69) is 31.4 Å². The van der Waals surface area contributed by atoms with Crippen LogP contribution in [0, 0.1) is 12.7 Å². The van der Waals surface area contributed by atoms with Gasteiger partial charge in [0.2, 0.25) is 5.91 Å². The van der Waals surface area contributed by atoms with Gasteiger partial charge < -0.3 is 5.32 Å². The molecule has 0 atom stereocenters. The Hall–Kier alpha value is -2.19. The molecule has 3 aromatic rings. The van der Waals surface area contributed by atoms with Crippen LogP contribution in [0.25, 0.3) is 0 Å². The van der Waals surface area contributed by atoms with Crippen LogP contribution in [-0.2, 0) is 17.9 Å². The van der Waals surface area contributed by atoms with Crippen LogP contribution >= 0.6 is 27.5 Å². The average Bonchev–Trinajstić information content (AvgIpc) is 3.16. The summed E-state index contributed by atoms with van der Waals surface area (Å²) in [6, 6.07) is 5.93. The number of aryl methyl sites for hydroxylation is 1. The van der Waals surface area contributed by atoms with Crippen LogP contribution in [0.1, 0.15) is 17.7 Å². The number of halogens is 3. The van der Waals surface area contributed by atoms with E-state index in [1.54, 1.807) is 33.9 Å². The van der Waals surface area contributed by atoms with E-state index in [1.807, 2.05) is 6.92 Å². The summed E-state index contributed by atoms with van der Waals surface area (Å²) in [5.41, 5.74) is 1.71. The zero-order valence-corrected chi connectivity index (χ0v) is 16.3. The van der Waals surface area contributed by atoms with Gasteiger partial charge in [0.15, 0.2) is 5.82 Å². The van der Waals surface area contributed by atoms with Crippen molar-refractivity contribution in [3.63, 3.8) is 0 Å². The van der Waals surface area contributed by atoms with Gasteiger partial charge in [0.1, 0.15) is 5.82 Å². The highest BCUT2D eigenvalue weighted by atomic mass is 79.9. The Morgan fingerprint density at radius 2 is 2.19 bits per heavy atom. The minimum Gasteiger partial charge on any atom is -0.309 e. The molecule has 9 heteroatoms. The van der Waals surface area contributed by atoms with Crippen molar-refractivity contribution in [3.05, 3.63) is 63.2 Å². The maximum absolute atomic E-state index is 13.1. The first-order valence-corrected chi connectivity index (χ1v) is 9.04. The molecule has 1 N–H and O–H groups in total. The molecule has 6 nitrogen and oxygen atoms in total. The summed E-state index contributed by atoms with van der Waals surface area (Å²) in [4.78, 5) is 12.1. The number of nitrogens with zero attached hydrogens (tertiary/aromatic N) is 4. The monoisotopic (exact) mass is 439 g/mol. The second-order valence-electron chi connectivity index (χ2n) is 5.73. The molecule has 2 aromatic heterocycles. The second-order valence-corrected chi connectivity index (χ2v) is 7.00. The van der Waals surface area contributed by atoms with Crippen molar-refractivity contribution in [2.75, 3.05) is 5.32 Å². The summed E-state index contributed by atoms with van der Waals surface area (Å²) in [5, 5.41) is 11.6. The quantitative estimate of drug-likeness (QED) is 0.630. The van der Waals surface area contributed by atoms with Crippen LogP contribution in [0.4, 0.5) is 10.2 Å². The van der Waals surface area contributed by atoms with Gasteiger partial charge >= 0.3 is 0 Å². The highest BCUT2D eigenvalue weighted by molar-refractivity contribution is 9.10. The highest BCUT2D eigenvalue weighted by Crippen LogP contribution is 2.19. The fourth-order valence-electron chi connectivity index (χ4n) is 2.40. The zero-order valence-electron chi connectivity index (χ0n) is 13.9. The van der Waals surface area contributed by atoms with Gasteiger partial charge in [-0.05, 0) is 40.5 Å². The molecule has 0 aliphatic rings. The van der Waals surface area contributed by atoms with Gasteiger partial charge in [-0.15, -0.1) is 0 Å². The van der Waals surface area contributed by atoms with E-state index in [0.29, 0.717) is 23.9 Å². The number of benzene rings is 1. The van der Waals surface area contributed by atoms with Crippen molar-refractivity contribution in [1.29, 1.82) is 0 Å². The molecule has 1 aromatic carbocycles. The third-order valence-electron chi connectivity index (χ3n) is 3.85. The van der Waals surface area contributed by atoms with Gasteiger partial charge in [-0.3, -0.25) is 14.2 Å². The van der Waals surface area contributed by atoms with E-state index < -0.39 is 0 Å². The SMILES string of the molecule is Cc1c(Br)cnn1CCC(=O)Nc1ccn(Cc2ccc(F)cc2Cl)n1. The Balaban J connectivity index is 1.56. The molecule has 136 valence electrons. The summed E-state index contributed by atoms with van der Waals surface area (Å²) in [5.74, 6) is -0.0840. The van der Waals surface area contributed by atoms with Crippen LogP contribution < -0.4 is 5.32 Å². The molecule has 0 fully saturated rings. The van der Waals surface area contributed by atoms with Gasteiger partial charge in [0, 0.05) is 29.4 Å². The van der Waals surface area contributed by atoms with Gasteiger partial charge in [0.25, 0.3) is 0 Å². The Morgan fingerprint density at radius 1 is 1.38 bits per heavy atom. The Kier molecular flexibility index (Phi) is 5.73. The van der Waals surface area contributed by atoms with E-state index >= 15 is 0 Å². The molecule has 0 bridgehead atoms. The average molecular weight is 441 g/mol. The third kappa shape index (κ3) is 4.50. The molecule has 0 spiro atoms. The fraction of sp³-hybridized carbons (Fsp3) is 0.235. The van der Waals surface area contributed by atoms with Gasteiger partial charge in [0.05, 0.1) is 23.8 Å². The Bertz CT molecular complexity index is 939. The lowest BCUT2D eigenvalue weighted by molar-refractivity contribution is -0.116. The fourth-order valence-corrected chi connectivity index (χ4v) is 2.93. The van der Waals surface area contributed by atoms with Crippen LogP contribution in [-0.4, -0.2) is 25.5 Å². The molecule has 3 rings (SSSR count). The summed E-state index contributed by atoms with van der Waals surface area (Å²) >= 11 is 9.41. The van der Waals surface area contributed by atoms with E-state index in [0.717, 1.165) is 15.7 Å². The topological polar surface area (TPSA) is 64.7 Å². The third-order valence-corrected chi connectivity index (χ3v) is 4.98. The number of amides is 1. The number of hydrogen-bond donors (Lipinski definition) is 1. The van der Waals surface area contributed by atoms with Crippen LogP contribution in [0.15, 0.2) is 41.1 Å².